The van der Waals surface area contributed by atoms with Crippen LogP contribution in [0.5, 0.6) is 0 Å². The lowest BCUT2D eigenvalue weighted by Gasteiger charge is -2.22. The molecule has 0 bridgehead atoms. The Labute approximate surface area is 99.8 Å². The number of nitrogen functional groups attached to an aromatic ring is 1. The fraction of sp³-hybridized carbons (Fsp3) is 0.636. The Bertz CT molecular complexity index is 416. The van der Waals surface area contributed by atoms with E-state index in [1.165, 1.54) is 0 Å². The first-order valence-electron chi connectivity index (χ1n) is 5.93. The average molecular weight is 238 g/mol. The summed E-state index contributed by atoms with van der Waals surface area (Å²) in [5, 5.41) is 16.0. The third kappa shape index (κ3) is 2.00. The average Bonchev–Trinajstić information content (AvgIpc) is 2.94. The summed E-state index contributed by atoms with van der Waals surface area (Å²) in [6.07, 6.45) is 2.48. The van der Waals surface area contributed by atoms with Crippen molar-refractivity contribution in [2.24, 2.45) is 0 Å². The Hall–Kier alpha value is -1.56. The summed E-state index contributed by atoms with van der Waals surface area (Å²) in [6, 6.07) is -0.0938. The molecule has 1 saturated heterocycles. The highest BCUT2D eigenvalue weighted by Gasteiger charge is 2.31. The minimum atomic E-state index is -0.185. The number of aryl methyl sites for hydroxylation is 1. The zero-order chi connectivity index (χ0) is 12.4. The topological polar surface area (TPSA) is 95.2 Å². The molecule has 0 unspecified atom stereocenters. The van der Waals surface area contributed by atoms with Crippen LogP contribution in [0.25, 0.3) is 0 Å². The molecule has 1 atom stereocenters. The standard InChI is InChI=1S/C11H18N4O2/c1-2-8-9(12)10(14-13-8)11(17)15-5-3-4-7(15)6-16/h7,16H,2-6,12H2,1H3,(H,13,14)/t7-/m1/s1. The number of nitrogens with one attached hydrogen (secondary N) is 1. The van der Waals surface area contributed by atoms with Gasteiger partial charge >= 0.3 is 0 Å². The highest BCUT2D eigenvalue weighted by molar-refractivity contribution is 5.98. The third-order valence-electron chi connectivity index (χ3n) is 3.29. The van der Waals surface area contributed by atoms with Gasteiger partial charge in [0.05, 0.1) is 24.0 Å². The predicted octanol–water partition coefficient (Wildman–Crippen LogP) is 0.151. The number of H-pyrrole nitrogens is 1. The summed E-state index contributed by atoms with van der Waals surface area (Å²) in [6.45, 7) is 2.61. The lowest BCUT2D eigenvalue weighted by atomic mass is 10.2. The van der Waals surface area contributed by atoms with Crippen molar-refractivity contribution in [1.82, 2.24) is 15.1 Å². The number of likely N-dealkylation sites (tertiary alicyclic amines) is 1. The number of hydrogen-bond acceptors (Lipinski definition) is 4. The monoisotopic (exact) mass is 238 g/mol. The van der Waals surface area contributed by atoms with Crippen molar-refractivity contribution in [3.05, 3.63) is 11.4 Å². The van der Waals surface area contributed by atoms with E-state index >= 15 is 0 Å². The predicted molar refractivity (Wildman–Crippen MR) is 63.5 cm³/mol. The Morgan fingerprint density at radius 3 is 3.06 bits per heavy atom. The molecule has 6 heteroatoms. The van der Waals surface area contributed by atoms with E-state index in [1.54, 1.807) is 4.90 Å². The zero-order valence-corrected chi connectivity index (χ0v) is 9.94. The third-order valence-corrected chi connectivity index (χ3v) is 3.29. The molecule has 1 aliphatic heterocycles. The SMILES string of the molecule is CCc1[nH]nc(C(=O)N2CCC[C@@H]2CO)c1N. The molecule has 0 spiro atoms. The largest absolute Gasteiger partial charge is 0.395 e. The minimum Gasteiger partial charge on any atom is -0.395 e. The first-order chi connectivity index (χ1) is 8.19. The number of carbonyl (C=O) groups excluding carboxylic acids is 1. The number of hydrogen-bond donors (Lipinski definition) is 3. The Kier molecular flexibility index (Phi) is 3.33. The quantitative estimate of drug-likeness (QED) is 0.698. The molecule has 0 aliphatic carbocycles. The van der Waals surface area contributed by atoms with Gasteiger partial charge in [-0.1, -0.05) is 6.92 Å². The lowest BCUT2D eigenvalue weighted by Crippen LogP contribution is -2.38. The summed E-state index contributed by atoms with van der Waals surface area (Å²) in [5.74, 6) is -0.185. The molecule has 0 saturated carbocycles. The molecule has 0 radical (unpaired) electrons. The number of nitrogens with zero attached hydrogens (tertiary/aromatic N) is 2. The lowest BCUT2D eigenvalue weighted by molar-refractivity contribution is 0.0673. The molecule has 1 amide bonds. The molecular weight excluding hydrogens is 220 g/mol. The van der Waals surface area contributed by atoms with Crippen LogP contribution >= 0.6 is 0 Å². The minimum absolute atomic E-state index is 0.00327. The van der Waals surface area contributed by atoms with Crippen LogP contribution < -0.4 is 5.73 Å². The first-order valence-corrected chi connectivity index (χ1v) is 5.93. The van der Waals surface area contributed by atoms with Crippen molar-refractivity contribution in [2.75, 3.05) is 18.9 Å². The van der Waals surface area contributed by atoms with Gasteiger partial charge in [0.15, 0.2) is 5.69 Å². The maximum atomic E-state index is 12.2. The highest BCUT2D eigenvalue weighted by atomic mass is 16.3. The van der Waals surface area contributed by atoms with Crippen LogP contribution in [0.1, 0.15) is 35.9 Å². The van der Waals surface area contributed by atoms with E-state index in [-0.39, 0.29) is 24.2 Å². The fourth-order valence-electron chi connectivity index (χ4n) is 2.25. The number of aromatic nitrogens is 2. The molecular formula is C11H18N4O2. The van der Waals surface area contributed by atoms with Crippen molar-refractivity contribution >= 4 is 11.6 Å². The van der Waals surface area contributed by atoms with E-state index in [2.05, 4.69) is 10.2 Å². The van der Waals surface area contributed by atoms with Crippen molar-refractivity contribution < 1.29 is 9.90 Å². The Morgan fingerprint density at radius 1 is 1.71 bits per heavy atom. The molecule has 1 aromatic rings. The highest BCUT2D eigenvalue weighted by Crippen LogP contribution is 2.22. The van der Waals surface area contributed by atoms with Gasteiger partial charge < -0.3 is 15.7 Å². The fourth-order valence-corrected chi connectivity index (χ4v) is 2.25. The molecule has 17 heavy (non-hydrogen) atoms. The maximum Gasteiger partial charge on any atom is 0.276 e. The van der Waals surface area contributed by atoms with E-state index in [9.17, 15) is 9.90 Å². The van der Waals surface area contributed by atoms with E-state index in [4.69, 9.17) is 5.73 Å². The van der Waals surface area contributed by atoms with E-state index in [0.29, 0.717) is 12.2 Å². The van der Waals surface area contributed by atoms with Crippen molar-refractivity contribution in [3.63, 3.8) is 0 Å². The van der Waals surface area contributed by atoms with E-state index < -0.39 is 0 Å². The second-order valence-electron chi connectivity index (χ2n) is 4.30. The summed E-state index contributed by atoms with van der Waals surface area (Å²) < 4.78 is 0. The number of anilines is 1. The number of aromatic amines is 1. The van der Waals surface area contributed by atoms with Gasteiger partial charge in [-0.2, -0.15) is 5.10 Å². The molecule has 4 N–H and O–H groups in total. The van der Waals surface area contributed by atoms with Crippen molar-refractivity contribution in [1.29, 1.82) is 0 Å². The van der Waals surface area contributed by atoms with Gasteiger partial charge in [0.2, 0.25) is 0 Å². The molecule has 2 heterocycles. The Balaban J connectivity index is 2.21. The number of nitrogens with two attached hydrogens (primary N) is 1. The summed E-state index contributed by atoms with van der Waals surface area (Å²) >= 11 is 0. The number of aliphatic hydroxyl groups is 1. The van der Waals surface area contributed by atoms with Gasteiger partial charge in [0, 0.05) is 6.54 Å². The number of carbonyl (C=O) groups is 1. The van der Waals surface area contributed by atoms with Crippen LogP contribution in [0.2, 0.25) is 0 Å². The molecule has 1 aromatic heterocycles. The van der Waals surface area contributed by atoms with Gasteiger partial charge in [0.25, 0.3) is 5.91 Å². The van der Waals surface area contributed by atoms with Crippen LogP contribution in [0.3, 0.4) is 0 Å². The summed E-state index contributed by atoms with van der Waals surface area (Å²) in [4.78, 5) is 13.9. The summed E-state index contributed by atoms with van der Waals surface area (Å²) in [5.41, 5.74) is 7.36. The second kappa shape index (κ2) is 4.75. The molecule has 0 aromatic carbocycles. The second-order valence-corrected chi connectivity index (χ2v) is 4.30. The zero-order valence-electron chi connectivity index (χ0n) is 9.94. The van der Waals surface area contributed by atoms with Crippen LogP contribution in [0.15, 0.2) is 0 Å². The van der Waals surface area contributed by atoms with E-state index in [1.807, 2.05) is 6.92 Å². The van der Waals surface area contributed by atoms with Crippen LogP contribution in [-0.4, -0.2) is 45.3 Å². The van der Waals surface area contributed by atoms with Gasteiger partial charge in [-0.15, -0.1) is 0 Å². The van der Waals surface area contributed by atoms with Crippen LogP contribution in [0, 0.1) is 0 Å². The van der Waals surface area contributed by atoms with Crippen molar-refractivity contribution in [2.45, 2.75) is 32.2 Å². The van der Waals surface area contributed by atoms with Gasteiger partial charge in [-0.25, -0.2) is 0 Å². The van der Waals surface area contributed by atoms with E-state index in [0.717, 1.165) is 25.0 Å². The number of rotatable bonds is 3. The molecule has 1 fully saturated rings. The maximum absolute atomic E-state index is 12.2. The molecule has 94 valence electrons. The molecule has 1 aliphatic rings. The van der Waals surface area contributed by atoms with Gasteiger partial charge in [0.1, 0.15) is 0 Å². The first kappa shape index (κ1) is 11.9. The molecule has 2 rings (SSSR count). The number of aliphatic hydroxyl groups excluding tert-OH is 1. The van der Waals surface area contributed by atoms with Gasteiger partial charge in [-0.3, -0.25) is 9.89 Å². The normalized spacial score (nSPS) is 19.9. The van der Waals surface area contributed by atoms with Gasteiger partial charge in [-0.05, 0) is 19.3 Å². The smallest absolute Gasteiger partial charge is 0.276 e. The number of amides is 1. The van der Waals surface area contributed by atoms with Crippen molar-refractivity contribution in [3.8, 4) is 0 Å². The molecule has 6 nitrogen and oxygen atoms in total. The van der Waals surface area contributed by atoms with Crippen LogP contribution in [-0.2, 0) is 6.42 Å². The van der Waals surface area contributed by atoms with Crippen LogP contribution in [0.4, 0.5) is 5.69 Å². The Morgan fingerprint density at radius 2 is 2.47 bits per heavy atom. The summed E-state index contributed by atoms with van der Waals surface area (Å²) in [7, 11) is 0.